The van der Waals surface area contributed by atoms with Gasteiger partial charge in [-0.25, -0.2) is 9.97 Å². The van der Waals surface area contributed by atoms with Crippen LogP contribution in [0.5, 0.6) is 0 Å². The maximum absolute atomic E-state index is 13.2. The minimum atomic E-state index is 0.0179. The highest BCUT2D eigenvalue weighted by Crippen LogP contribution is 2.43. The molecule has 2 N–H and O–H groups in total. The molecule has 6 heteroatoms. The first-order chi connectivity index (χ1) is 12.6. The van der Waals surface area contributed by atoms with Crippen molar-refractivity contribution in [3.05, 3.63) is 53.9 Å². The fourth-order valence-electron chi connectivity index (χ4n) is 4.14. The van der Waals surface area contributed by atoms with Crippen molar-refractivity contribution in [2.45, 2.75) is 25.9 Å². The molecule has 26 heavy (non-hydrogen) atoms. The van der Waals surface area contributed by atoms with Gasteiger partial charge in [-0.3, -0.25) is 4.79 Å². The molecule has 0 radical (unpaired) electrons. The number of rotatable bonds is 4. The zero-order valence-corrected chi connectivity index (χ0v) is 15.2. The van der Waals surface area contributed by atoms with Crippen LogP contribution in [0.4, 0.5) is 5.95 Å². The van der Waals surface area contributed by atoms with Gasteiger partial charge in [0.05, 0.1) is 11.6 Å². The molecule has 3 atom stereocenters. The summed E-state index contributed by atoms with van der Waals surface area (Å²) in [5.41, 5.74) is 1.75. The summed E-state index contributed by atoms with van der Waals surface area (Å²) in [6.45, 7) is 6.78. The van der Waals surface area contributed by atoms with Crippen LogP contribution in [0.2, 0.25) is 0 Å². The second-order valence-corrected chi connectivity index (χ2v) is 7.49. The fourth-order valence-corrected chi connectivity index (χ4v) is 4.14. The number of hydrogen-bond donors (Lipinski definition) is 2. The van der Waals surface area contributed by atoms with E-state index in [4.69, 9.17) is 0 Å². The van der Waals surface area contributed by atoms with Crippen molar-refractivity contribution < 1.29 is 4.79 Å². The summed E-state index contributed by atoms with van der Waals surface area (Å²) in [7, 11) is 0. The number of carbonyl (C=O) groups excluding carboxylic acids is 1. The van der Waals surface area contributed by atoms with Gasteiger partial charge < -0.3 is 15.5 Å². The van der Waals surface area contributed by atoms with Crippen molar-refractivity contribution >= 4 is 11.9 Å². The molecule has 6 nitrogen and oxygen atoms in total. The lowest BCUT2D eigenvalue weighted by atomic mass is 9.89. The number of anilines is 1. The third kappa shape index (κ3) is 3.17. The van der Waals surface area contributed by atoms with E-state index in [1.165, 1.54) is 5.56 Å². The quantitative estimate of drug-likeness (QED) is 0.885. The van der Waals surface area contributed by atoms with Crippen LogP contribution < -0.4 is 10.6 Å². The fraction of sp³-hybridized carbons (Fsp3) is 0.450. The van der Waals surface area contributed by atoms with Gasteiger partial charge in [-0.15, -0.1) is 0 Å². The molecule has 0 unspecified atom stereocenters. The highest BCUT2D eigenvalue weighted by molar-refractivity contribution is 5.94. The van der Waals surface area contributed by atoms with Crippen LogP contribution in [0.1, 0.15) is 35.8 Å². The van der Waals surface area contributed by atoms with E-state index >= 15 is 0 Å². The molecule has 1 aromatic carbocycles. The number of carbonyl (C=O) groups is 1. The molecule has 2 aliphatic rings. The van der Waals surface area contributed by atoms with Gasteiger partial charge in [0.2, 0.25) is 5.95 Å². The molecule has 2 saturated heterocycles. The van der Waals surface area contributed by atoms with E-state index in [1.54, 1.807) is 12.4 Å². The molecule has 0 bridgehead atoms. The van der Waals surface area contributed by atoms with Gasteiger partial charge in [0.15, 0.2) is 0 Å². The Hall–Kier alpha value is -2.47. The molecule has 2 aromatic rings. The van der Waals surface area contributed by atoms with Gasteiger partial charge in [0.25, 0.3) is 5.91 Å². The molecule has 0 saturated carbocycles. The molecule has 3 heterocycles. The van der Waals surface area contributed by atoms with Crippen LogP contribution in [0.25, 0.3) is 0 Å². The lowest BCUT2D eigenvalue weighted by Crippen LogP contribution is -2.34. The average Bonchev–Trinajstić information content (AvgIpc) is 3.23. The minimum Gasteiger partial charge on any atom is -0.352 e. The topological polar surface area (TPSA) is 70.2 Å². The van der Waals surface area contributed by atoms with E-state index in [0.29, 0.717) is 23.3 Å². The van der Waals surface area contributed by atoms with Crippen molar-refractivity contribution in [3.63, 3.8) is 0 Å². The van der Waals surface area contributed by atoms with Gasteiger partial charge in [0, 0.05) is 44.0 Å². The smallest absolute Gasteiger partial charge is 0.257 e. The molecule has 2 aliphatic heterocycles. The summed E-state index contributed by atoms with van der Waals surface area (Å²) in [6, 6.07) is 10.7. The lowest BCUT2D eigenvalue weighted by molar-refractivity contribution is 0.0713. The Labute approximate surface area is 154 Å². The molecule has 1 amide bonds. The Bertz CT molecular complexity index is 762. The van der Waals surface area contributed by atoms with Crippen molar-refractivity contribution in [2.24, 2.45) is 11.8 Å². The summed E-state index contributed by atoms with van der Waals surface area (Å²) < 4.78 is 0. The first kappa shape index (κ1) is 17.0. The maximum atomic E-state index is 13.2. The second kappa shape index (κ2) is 7.03. The molecule has 136 valence electrons. The molecular formula is C20H25N5O. The van der Waals surface area contributed by atoms with E-state index in [0.717, 1.165) is 19.6 Å². The summed E-state index contributed by atoms with van der Waals surface area (Å²) in [4.78, 5) is 23.8. The van der Waals surface area contributed by atoms with Crippen molar-refractivity contribution in [1.82, 2.24) is 20.2 Å². The molecule has 0 aliphatic carbocycles. The number of aromatic nitrogens is 2. The zero-order valence-electron chi connectivity index (χ0n) is 15.2. The molecule has 4 rings (SSSR count). The number of likely N-dealkylation sites (tertiary alicyclic amines) is 1. The lowest BCUT2D eigenvalue weighted by Gasteiger charge is -2.28. The highest BCUT2D eigenvalue weighted by atomic mass is 16.2. The van der Waals surface area contributed by atoms with Crippen LogP contribution in [-0.4, -0.2) is 46.5 Å². The Morgan fingerprint density at radius 3 is 2.62 bits per heavy atom. The molecule has 0 spiro atoms. The number of amides is 1. The second-order valence-electron chi connectivity index (χ2n) is 7.49. The third-order valence-electron chi connectivity index (χ3n) is 5.28. The summed E-state index contributed by atoms with van der Waals surface area (Å²) in [5.74, 6) is 1.54. The Morgan fingerprint density at radius 2 is 1.92 bits per heavy atom. The van der Waals surface area contributed by atoms with Crippen LogP contribution >= 0.6 is 0 Å². The zero-order chi connectivity index (χ0) is 18.1. The van der Waals surface area contributed by atoms with Gasteiger partial charge in [-0.1, -0.05) is 30.3 Å². The standard InChI is InChI=1S/C20H25N5O/c1-13(2)24-20-22-9-15(10-23-20)19(26)25-12-16-8-21-11-17(16)18(25)14-6-4-3-5-7-14/h3-7,9-10,13,16-18,21H,8,11-12H2,1-2H3,(H,22,23,24)/t16-,17-,18+/m0/s1. The first-order valence-electron chi connectivity index (χ1n) is 9.28. The van der Waals surface area contributed by atoms with Gasteiger partial charge in [-0.05, 0) is 25.3 Å². The monoisotopic (exact) mass is 351 g/mol. The molecular weight excluding hydrogens is 326 g/mol. The van der Waals surface area contributed by atoms with E-state index in [2.05, 4.69) is 32.7 Å². The van der Waals surface area contributed by atoms with Gasteiger partial charge in [0.1, 0.15) is 0 Å². The van der Waals surface area contributed by atoms with Gasteiger partial charge in [-0.2, -0.15) is 0 Å². The van der Waals surface area contributed by atoms with Gasteiger partial charge >= 0.3 is 0 Å². The normalized spacial score (nSPS) is 24.7. The number of hydrogen-bond acceptors (Lipinski definition) is 5. The van der Waals surface area contributed by atoms with Crippen LogP contribution in [0, 0.1) is 11.8 Å². The van der Waals surface area contributed by atoms with E-state index in [-0.39, 0.29) is 18.0 Å². The van der Waals surface area contributed by atoms with Crippen molar-refractivity contribution in [2.75, 3.05) is 25.0 Å². The van der Waals surface area contributed by atoms with E-state index < -0.39 is 0 Å². The third-order valence-corrected chi connectivity index (χ3v) is 5.28. The highest BCUT2D eigenvalue weighted by Gasteiger charge is 2.46. The Morgan fingerprint density at radius 1 is 1.19 bits per heavy atom. The summed E-state index contributed by atoms with van der Waals surface area (Å²) in [6.07, 6.45) is 3.27. The number of benzene rings is 1. The minimum absolute atomic E-state index is 0.0179. The van der Waals surface area contributed by atoms with Crippen molar-refractivity contribution in [3.8, 4) is 0 Å². The van der Waals surface area contributed by atoms with Crippen LogP contribution in [-0.2, 0) is 0 Å². The first-order valence-corrected chi connectivity index (χ1v) is 9.28. The Balaban J connectivity index is 1.59. The molecule has 1 aromatic heterocycles. The molecule has 2 fully saturated rings. The average molecular weight is 351 g/mol. The number of nitrogens with one attached hydrogen (secondary N) is 2. The Kier molecular flexibility index (Phi) is 4.59. The van der Waals surface area contributed by atoms with Crippen LogP contribution in [0.3, 0.4) is 0 Å². The predicted molar refractivity (Wildman–Crippen MR) is 101 cm³/mol. The number of nitrogens with zero attached hydrogens (tertiary/aromatic N) is 3. The van der Waals surface area contributed by atoms with Crippen LogP contribution in [0.15, 0.2) is 42.7 Å². The largest absolute Gasteiger partial charge is 0.352 e. The maximum Gasteiger partial charge on any atom is 0.257 e. The SMILES string of the molecule is CC(C)Nc1ncc(C(=O)N2C[C@@H]3CNC[C@@H]3[C@H]2c2ccccc2)cn1. The van der Waals surface area contributed by atoms with Crippen molar-refractivity contribution in [1.29, 1.82) is 0 Å². The predicted octanol–water partition coefficient (Wildman–Crippen LogP) is 2.33. The summed E-state index contributed by atoms with van der Waals surface area (Å²) in [5, 5.41) is 6.63. The number of fused-ring (bicyclic) bond motifs is 1. The summed E-state index contributed by atoms with van der Waals surface area (Å²) >= 11 is 0. The van der Waals surface area contributed by atoms with E-state index in [9.17, 15) is 4.79 Å². The van der Waals surface area contributed by atoms with E-state index in [1.807, 2.05) is 36.9 Å².